The highest BCUT2D eigenvalue weighted by molar-refractivity contribution is 5.93. The van der Waals surface area contributed by atoms with Crippen molar-refractivity contribution < 1.29 is 106 Å². The quantitative estimate of drug-likeness (QED) is 0.0164. The van der Waals surface area contributed by atoms with E-state index in [1.807, 2.05) is 0 Å². The predicted octanol–water partition coefficient (Wildman–Crippen LogP) is 4.92. The SMILES string of the molecule is CO[C@H]1C[C@H]2OC[C@@]2(OC(C)=O)[C@H]2[C@H](OC(=O)c3ccccc3)[C@]3(O)C[C@H](OC(=O)[C@H](OC(=O)CCC(=O)NCCCC[C@H](NC(=O)N[C@@H](CCC(=O)O)OC=O)C(=O)O)[C@@H](NC(=O)OC(C)(C)C)c4ccccc4)C(C)=C([C@@H](C)C(=O)[C@]12C)C3(C)C. The van der Waals surface area contributed by atoms with Crippen LogP contribution in [0, 0.1) is 22.7 Å². The van der Waals surface area contributed by atoms with Crippen LogP contribution in [0.5, 0.6) is 0 Å². The van der Waals surface area contributed by atoms with E-state index in [9.17, 15) is 53.4 Å². The molecule has 476 valence electrons. The highest BCUT2D eigenvalue weighted by Crippen LogP contribution is 2.65. The van der Waals surface area contributed by atoms with Crippen LogP contribution in [0.4, 0.5) is 9.59 Å². The van der Waals surface area contributed by atoms with Crippen molar-refractivity contribution in [3.8, 4) is 0 Å². The first-order valence-corrected chi connectivity index (χ1v) is 28.7. The van der Waals surface area contributed by atoms with E-state index in [4.69, 9.17) is 38.3 Å². The zero-order valence-corrected chi connectivity index (χ0v) is 50.5. The van der Waals surface area contributed by atoms with Gasteiger partial charge in [0.25, 0.3) is 6.47 Å². The number of carboxylic acid groups (broad SMARTS) is 2. The Morgan fingerprint density at radius 1 is 0.862 bits per heavy atom. The lowest BCUT2D eigenvalue weighted by atomic mass is 9.43. The van der Waals surface area contributed by atoms with E-state index in [-0.39, 0.29) is 62.9 Å². The number of fused-ring (bicyclic) bond motifs is 5. The molecule has 87 heavy (non-hydrogen) atoms. The number of hydrogen-bond donors (Lipinski definition) is 7. The molecule has 0 spiro atoms. The second-order valence-electron chi connectivity index (χ2n) is 24.1. The van der Waals surface area contributed by atoms with E-state index in [1.54, 1.807) is 104 Å². The second-order valence-corrected chi connectivity index (χ2v) is 24.1. The first kappa shape index (κ1) is 68.1. The lowest BCUT2D eigenvalue weighted by Crippen LogP contribution is -2.81. The Balaban J connectivity index is 1.30. The Morgan fingerprint density at radius 2 is 1.52 bits per heavy atom. The molecule has 13 atom stereocenters. The molecule has 4 aliphatic rings. The first-order valence-electron chi connectivity index (χ1n) is 28.7. The number of urea groups is 1. The Labute approximate surface area is 503 Å². The van der Waals surface area contributed by atoms with Crippen molar-refractivity contribution in [3.05, 3.63) is 82.9 Å². The lowest BCUT2D eigenvalue weighted by Gasteiger charge is -2.68. The van der Waals surface area contributed by atoms with Gasteiger partial charge in [0, 0.05) is 57.6 Å². The van der Waals surface area contributed by atoms with E-state index < -0.39 is 174 Å². The maximum Gasteiger partial charge on any atom is 0.408 e. The molecule has 1 heterocycles. The second kappa shape index (κ2) is 28.2. The number of hydrogen-bond acceptors (Lipinski definition) is 20. The summed E-state index contributed by atoms with van der Waals surface area (Å²) in [7, 11) is 1.42. The molecule has 3 fully saturated rings. The molecule has 26 heteroatoms. The number of carbonyl (C=O) groups excluding carboxylic acids is 9. The number of methoxy groups -OCH3 is 1. The largest absolute Gasteiger partial charge is 0.481 e. The van der Waals surface area contributed by atoms with Crippen LogP contribution in [-0.2, 0) is 76.3 Å². The van der Waals surface area contributed by atoms with Gasteiger partial charge in [-0.15, -0.1) is 0 Å². The van der Waals surface area contributed by atoms with Gasteiger partial charge in [0.05, 0.1) is 42.4 Å². The standard InChI is InChI=1S/C61H80N4O22/c1-33-39(30-61(79)51(85-53(75)37-21-15-12-16-22-37)49-59(9,50(72)34(2)46(33)58(61,7)8)40(80-10)29-41-60(49,31-81-41)86-35(3)67)83-54(76)48(47(36-19-13-11-14-20-36)65-56(78)87-57(4,5)6)84-45(71)27-24-42(68)62-28-18-17-23-38(52(73)74)63-55(77)64-43(82-32-66)25-26-44(69)70/h11-16,19-22,32,34,38-41,43,47-49,51,79H,17-18,23-31H2,1-10H3,(H,62,68)(H,65,78)(H,69,70)(H,73,74)(H2,63,64,77)/t34-,38+,39+,40+,41-,43-,47+,48-,49+,51+,59-,60+,61-/m1/s1. The maximum absolute atomic E-state index is 15.8. The number of aliphatic carboxylic acids is 2. The van der Waals surface area contributed by atoms with E-state index in [0.29, 0.717) is 11.1 Å². The monoisotopic (exact) mass is 1220 g/mol. The Bertz CT molecular complexity index is 2930. The molecule has 0 radical (unpaired) electrons. The molecular formula is C61H80N4O22. The van der Waals surface area contributed by atoms with Gasteiger partial charge < -0.3 is 74.5 Å². The van der Waals surface area contributed by atoms with Crippen LogP contribution in [0.3, 0.4) is 0 Å². The molecule has 3 aliphatic carbocycles. The summed E-state index contributed by atoms with van der Waals surface area (Å²) in [5.74, 6) is -10.2. The van der Waals surface area contributed by atoms with Crippen molar-refractivity contribution in [2.45, 2.75) is 186 Å². The number of unbranched alkanes of at least 4 members (excludes halogenated alkanes) is 1. The summed E-state index contributed by atoms with van der Waals surface area (Å²) in [5, 5.41) is 42.3. The van der Waals surface area contributed by atoms with Gasteiger partial charge in [0.15, 0.2) is 11.8 Å². The highest BCUT2D eigenvalue weighted by Gasteiger charge is 2.78. The fourth-order valence-electron chi connectivity index (χ4n) is 12.8. The highest BCUT2D eigenvalue weighted by atomic mass is 16.6. The van der Waals surface area contributed by atoms with Crippen LogP contribution in [0.1, 0.15) is 142 Å². The number of ketones is 1. The third-order valence-corrected chi connectivity index (χ3v) is 16.9. The summed E-state index contributed by atoms with van der Waals surface area (Å²) in [6.45, 7) is 14.0. The molecule has 6 rings (SSSR count). The number of alkyl carbamates (subject to hydrolysis) is 1. The van der Waals surface area contributed by atoms with Crippen molar-refractivity contribution >= 4 is 66.1 Å². The van der Waals surface area contributed by atoms with Gasteiger partial charge >= 0.3 is 47.9 Å². The van der Waals surface area contributed by atoms with Crippen molar-refractivity contribution in [1.29, 1.82) is 0 Å². The molecule has 2 aromatic rings. The topological polar surface area (TPSA) is 370 Å². The minimum Gasteiger partial charge on any atom is -0.481 e. The van der Waals surface area contributed by atoms with Gasteiger partial charge in [0.2, 0.25) is 12.0 Å². The summed E-state index contributed by atoms with van der Waals surface area (Å²) >= 11 is 0. The summed E-state index contributed by atoms with van der Waals surface area (Å²) in [4.78, 5) is 146. The summed E-state index contributed by atoms with van der Waals surface area (Å²) in [5.41, 5.74) is -7.24. The van der Waals surface area contributed by atoms with Crippen LogP contribution in [0.25, 0.3) is 0 Å². The van der Waals surface area contributed by atoms with Crippen LogP contribution in [-0.4, -0.2) is 161 Å². The van der Waals surface area contributed by atoms with Crippen LogP contribution >= 0.6 is 0 Å². The number of carboxylic acids is 2. The Morgan fingerprint density at radius 3 is 2.09 bits per heavy atom. The molecule has 0 aromatic heterocycles. The molecule has 2 bridgehead atoms. The number of aliphatic hydroxyl groups is 1. The van der Waals surface area contributed by atoms with E-state index >= 15 is 9.59 Å². The fourth-order valence-corrected chi connectivity index (χ4v) is 12.8. The number of Topliss-reactive ketones (excluding diaryl/α,β-unsaturated/α-hetero) is 1. The van der Waals surface area contributed by atoms with Crippen molar-refractivity contribution in [2.75, 3.05) is 20.3 Å². The molecule has 1 saturated heterocycles. The molecule has 0 unspecified atom stereocenters. The molecule has 2 saturated carbocycles. The minimum atomic E-state index is -2.32. The van der Waals surface area contributed by atoms with Gasteiger partial charge in [-0.25, -0.2) is 24.0 Å². The number of benzene rings is 2. The number of esters is 4. The molecule has 7 N–H and O–H groups in total. The van der Waals surface area contributed by atoms with Gasteiger partial charge in [-0.2, -0.15) is 0 Å². The number of carbonyl (C=O) groups is 11. The third-order valence-electron chi connectivity index (χ3n) is 16.9. The van der Waals surface area contributed by atoms with Gasteiger partial charge in [-0.05, 0) is 82.7 Å². The van der Waals surface area contributed by atoms with E-state index in [2.05, 4.69) is 26.0 Å². The number of rotatable bonds is 26. The molecule has 2 aromatic carbocycles. The van der Waals surface area contributed by atoms with Crippen molar-refractivity contribution in [3.63, 3.8) is 0 Å². The average Bonchev–Trinajstić information content (AvgIpc) is 0.673. The Hall–Kier alpha value is -7.97. The number of ether oxygens (including phenoxy) is 8. The van der Waals surface area contributed by atoms with Gasteiger partial charge in [0.1, 0.15) is 47.4 Å². The normalized spacial score (nSPS) is 26.7. The van der Waals surface area contributed by atoms with Gasteiger partial charge in [-0.3, -0.25) is 28.8 Å². The maximum atomic E-state index is 15.8. The van der Waals surface area contributed by atoms with Crippen molar-refractivity contribution in [2.24, 2.45) is 22.7 Å². The molecule has 1 aliphatic heterocycles. The third kappa shape index (κ3) is 15.4. The predicted molar refractivity (Wildman–Crippen MR) is 302 cm³/mol. The fraction of sp³-hybridized carbons (Fsp3) is 0.590. The minimum absolute atomic E-state index is 0.00133. The zero-order valence-electron chi connectivity index (χ0n) is 50.5. The number of amides is 4. The average molecular weight is 1220 g/mol. The van der Waals surface area contributed by atoms with E-state index in [1.165, 1.54) is 26.2 Å². The zero-order chi connectivity index (χ0) is 64.4. The summed E-state index contributed by atoms with van der Waals surface area (Å²) in [6, 6.07) is 11.8. The van der Waals surface area contributed by atoms with Crippen LogP contribution in [0.15, 0.2) is 71.8 Å². The smallest absolute Gasteiger partial charge is 0.408 e. The van der Waals surface area contributed by atoms with Gasteiger partial charge in [-0.1, -0.05) is 69.3 Å². The molecular weight excluding hydrogens is 1140 g/mol. The summed E-state index contributed by atoms with van der Waals surface area (Å²) < 4.78 is 47.6. The van der Waals surface area contributed by atoms with E-state index in [0.717, 1.165) is 0 Å². The molecule has 26 nitrogen and oxygen atoms in total. The summed E-state index contributed by atoms with van der Waals surface area (Å²) in [6.07, 6.45) is -11.5. The van der Waals surface area contributed by atoms with Crippen LogP contribution in [0.2, 0.25) is 0 Å². The van der Waals surface area contributed by atoms with Crippen molar-refractivity contribution in [1.82, 2.24) is 21.3 Å². The molecule has 4 amide bonds. The Kier molecular flexibility index (Phi) is 22.1. The number of nitrogens with one attached hydrogen (secondary N) is 4. The lowest BCUT2D eigenvalue weighted by molar-refractivity contribution is -0.346. The van der Waals surface area contributed by atoms with Crippen LogP contribution < -0.4 is 21.3 Å². The first-order chi connectivity index (χ1) is 40.8.